The number of fused-ring (bicyclic) bond motifs is 1. The Hall–Kier alpha value is -3.50. The molecule has 0 radical (unpaired) electrons. The molecular weight excluding hydrogens is 977 g/mol. The molecule has 0 spiro atoms. The molecule has 4 aliphatic rings. The largest absolute Gasteiger partial charge is 0.509 e. The first-order chi connectivity index (χ1) is 35.4. The normalized spacial score (nSPS) is 29.6. The summed E-state index contributed by atoms with van der Waals surface area (Å²) < 4.78 is 80.8. The Labute approximate surface area is 443 Å². The molecule has 14 nitrogen and oxygen atoms in total. The minimum absolute atomic E-state index is 0.107. The van der Waals surface area contributed by atoms with Crippen molar-refractivity contribution in [2.24, 2.45) is 0 Å². The minimum atomic E-state index is -2.46. The zero-order chi connectivity index (χ0) is 53.3. The van der Waals surface area contributed by atoms with Crippen molar-refractivity contribution in [2.45, 2.75) is 223 Å². The van der Waals surface area contributed by atoms with E-state index in [1.165, 1.54) is 0 Å². The summed E-state index contributed by atoms with van der Waals surface area (Å²) in [4.78, 5) is 13.5. The van der Waals surface area contributed by atoms with Crippen molar-refractivity contribution in [3.63, 3.8) is 0 Å². The summed E-state index contributed by atoms with van der Waals surface area (Å²) in [6.45, 7) is 29.6. The van der Waals surface area contributed by atoms with E-state index in [-0.39, 0.29) is 43.1 Å². The van der Waals surface area contributed by atoms with Gasteiger partial charge in [-0.25, -0.2) is 4.79 Å². The molecule has 3 saturated heterocycles. The van der Waals surface area contributed by atoms with Crippen LogP contribution in [0.25, 0.3) is 0 Å². The lowest BCUT2D eigenvalue weighted by Crippen LogP contribution is -2.65. The quantitative estimate of drug-likeness (QED) is 0.0634. The number of ether oxygens (including phenoxy) is 10. The van der Waals surface area contributed by atoms with Gasteiger partial charge in [-0.05, 0) is 62.9 Å². The van der Waals surface area contributed by atoms with Crippen LogP contribution in [0.3, 0.4) is 0 Å². The number of hydrogen-bond donors (Lipinski definition) is 1. The number of hydrogen-bond acceptors (Lipinski definition) is 14. The molecule has 0 aromatic heterocycles. The molecule has 1 N–H and O–H groups in total. The second-order valence-electron chi connectivity index (χ2n) is 22.4. The zero-order valence-electron chi connectivity index (χ0n) is 46.1. The highest BCUT2D eigenvalue weighted by Gasteiger charge is 2.60. The molecule has 13 atom stereocenters. The van der Waals surface area contributed by atoms with Crippen LogP contribution in [0.5, 0.6) is 0 Å². The Kier molecular flexibility index (Phi) is 20.6. The zero-order valence-corrected chi connectivity index (χ0v) is 48.1. The summed E-state index contributed by atoms with van der Waals surface area (Å²) >= 11 is 0. The van der Waals surface area contributed by atoms with E-state index < -0.39 is 103 Å². The van der Waals surface area contributed by atoms with E-state index >= 15 is 0 Å². The fourth-order valence-electron chi connectivity index (χ4n) is 12.4. The van der Waals surface area contributed by atoms with E-state index in [2.05, 4.69) is 83.1 Å². The summed E-state index contributed by atoms with van der Waals surface area (Å²) in [5, 5.41) is 12.2. The molecule has 3 aromatic carbocycles. The molecule has 16 heteroatoms. The molecule has 3 fully saturated rings. The number of rotatable bonds is 25. The molecule has 74 heavy (non-hydrogen) atoms. The monoisotopic (exact) mass is 1060 g/mol. The van der Waals surface area contributed by atoms with Crippen LogP contribution in [0.4, 0.5) is 4.79 Å². The maximum atomic E-state index is 13.5. The third-order valence-electron chi connectivity index (χ3n) is 15.9. The third-order valence-corrected chi connectivity index (χ3v) is 28.0. The van der Waals surface area contributed by atoms with E-state index in [1.54, 1.807) is 12.3 Å². The Morgan fingerprint density at radius 3 is 1.41 bits per heavy atom. The van der Waals surface area contributed by atoms with Crippen LogP contribution in [0.2, 0.25) is 33.2 Å². The second kappa shape index (κ2) is 26.2. The third kappa shape index (κ3) is 13.2. The fourth-order valence-corrected chi connectivity index (χ4v) is 23.3. The lowest BCUT2D eigenvalue weighted by molar-refractivity contribution is -0.371. The fraction of sp³-hybridized carbons (Fsp3) is 0.638. The van der Waals surface area contributed by atoms with Gasteiger partial charge in [0, 0.05) is 0 Å². The van der Waals surface area contributed by atoms with Crippen LogP contribution in [-0.2, 0) is 76.0 Å². The number of carbonyl (C=O) groups is 1. The molecular formula is C58H86O14Si2. The predicted octanol–water partition coefficient (Wildman–Crippen LogP) is 11.5. The topological polar surface area (TPSA) is 148 Å². The lowest BCUT2D eigenvalue weighted by atomic mass is 9.96. The van der Waals surface area contributed by atoms with Crippen molar-refractivity contribution in [2.75, 3.05) is 13.2 Å². The van der Waals surface area contributed by atoms with Crippen molar-refractivity contribution < 1.29 is 66.1 Å². The maximum absolute atomic E-state index is 13.5. The lowest BCUT2D eigenvalue weighted by Gasteiger charge is -2.49. The van der Waals surface area contributed by atoms with Gasteiger partial charge in [0.1, 0.15) is 42.7 Å². The first kappa shape index (κ1) is 58.2. The van der Waals surface area contributed by atoms with Gasteiger partial charge in [-0.15, -0.1) is 0 Å². The van der Waals surface area contributed by atoms with Gasteiger partial charge in [-0.3, -0.25) is 0 Å². The summed E-state index contributed by atoms with van der Waals surface area (Å²) in [5.41, 5.74) is 4.67. The van der Waals surface area contributed by atoms with Crippen LogP contribution in [0.15, 0.2) is 103 Å². The van der Waals surface area contributed by atoms with Gasteiger partial charge < -0.3 is 61.3 Å². The molecule has 0 saturated carbocycles. The number of benzene rings is 3. The van der Waals surface area contributed by atoms with Crippen LogP contribution < -0.4 is 0 Å². The summed E-state index contributed by atoms with van der Waals surface area (Å²) in [7, 11) is -4.80. The molecule has 4 aliphatic heterocycles. The number of carbonyl (C=O) groups excluding carboxylic acids is 1. The van der Waals surface area contributed by atoms with Crippen molar-refractivity contribution in [3.05, 3.63) is 120 Å². The van der Waals surface area contributed by atoms with Crippen LogP contribution >= 0.6 is 0 Å². The van der Waals surface area contributed by atoms with Crippen molar-refractivity contribution in [1.29, 1.82) is 0 Å². The Bertz CT molecular complexity index is 2140. The van der Waals surface area contributed by atoms with E-state index in [9.17, 15) is 9.90 Å². The van der Waals surface area contributed by atoms with Crippen LogP contribution in [0, 0.1) is 0 Å². The van der Waals surface area contributed by atoms with Crippen molar-refractivity contribution in [1.82, 2.24) is 0 Å². The molecule has 0 amide bonds. The van der Waals surface area contributed by atoms with E-state index in [4.69, 9.17) is 56.2 Å². The standard InChI is InChI=1S/C58H86O14Si2/c1-36(2)73(37(3)4,38(5)6)65-34-47-49(59)46(29-30-61-47)68-57-55(53-51(71-58(60)72-53)48(69-57)35-66-74(39(7)8,40(9)10)41(11)12)70-56-54(64-33-45-27-21-16-22-28-45)52(63-32-44-25-19-15-20-26-44)50(42(13)67-56)62-31-43-23-17-14-18-24-43/h14-30,36-42,46-57,59H,31-35H2,1-13H3/t42?,46-,47?,48?,49-,50+,51+,52-,53+,54?,55?,56+,57-/m1/s1. The second-order valence-corrected chi connectivity index (χ2v) is 33.3. The van der Waals surface area contributed by atoms with Gasteiger partial charge in [0.2, 0.25) is 8.32 Å². The number of aliphatic hydroxyl groups excluding tert-OH is 1. The van der Waals surface area contributed by atoms with Gasteiger partial charge in [0.15, 0.2) is 39.2 Å². The molecule has 0 aliphatic carbocycles. The Morgan fingerprint density at radius 2 is 0.932 bits per heavy atom. The van der Waals surface area contributed by atoms with Crippen LogP contribution in [-0.4, -0.2) is 121 Å². The molecule has 0 bridgehead atoms. The summed E-state index contributed by atoms with van der Waals surface area (Å²) in [6, 6.07) is 29.7. The first-order valence-corrected chi connectivity index (χ1v) is 31.4. The van der Waals surface area contributed by atoms with Gasteiger partial charge in [0.25, 0.3) is 0 Å². The molecule has 410 valence electrons. The SMILES string of the molecule is CC1O[C@@H](OC2[C@H](O[C@@H]3C=COC(CO[Si](C(C)C)(C(C)C)C(C)C)[C@@H]3O)OC(CO[Si](C(C)C)(C(C)C)C(C)C)[C@@H]3OC(=O)O[C@H]23)C(OCc2ccccc2)[C@H](OCc2ccccc2)[C@H]1OCc1ccccc1. The Balaban J connectivity index is 1.24. The highest BCUT2D eigenvalue weighted by atomic mass is 28.4. The first-order valence-electron chi connectivity index (χ1n) is 27.1. The molecule has 7 rings (SSSR count). The maximum Gasteiger partial charge on any atom is 0.509 e. The highest BCUT2D eigenvalue weighted by molar-refractivity contribution is 6.78. The average molecular weight is 1060 g/mol. The van der Waals surface area contributed by atoms with E-state index in [0.717, 1.165) is 16.7 Å². The Morgan fingerprint density at radius 1 is 0.514 bits per heavy atom. The smallest absolute Gasteiger partial charge is 0.493 e. The highest BCUT2D eigenvalue weighted by Crippen LogP contribution is 2.45. The molecule has 5 unspecified atom stereocenters. The van der Waals surface area contributed by atoms with Gasteiger partial charge >= 0.3 is 6.16 Å². The minimum Gasteiger partial charge on any atom is -0.493 e. The predicted molar refractivity (Wildman–Crippen MR) is 287 cm³/mol. The summed E-state index contributed by atoms with van der Waals surface area (Å²) in [5.74, 6) is 0. The van der Waals surface area contributed by atoms with Crippen molar-refractivity contribution >= 4 is 22.8 Å². The summed E-state index contributed by atoms with van der Waals surface area (Å²) in [6.07, 6.45) is -9.82. The van der Waals surface area contributed by atoms with E-state index in [0.29, 0.717) is 23.2 Å². The van der Waals surface area contributed by atoms with E-state index in [1.807, 2.05) is 97.9 Å². The molecule has 3 aromatic rings. The van der Waals surface area contributed by atoms with Crippen molar-refractivity contribution in [3.8, 4) is 0 Å². The molecule has 4 heterocycles. The number of aliphatic hydroxyl groups is 1. The average Bonchev–Trinajstić information content (AvgIpc) is 3.76. The van der Waals surface area contributed by atoms with Gasteiger partial charge in [0.05, 0.1) is 45.4 Å². The van der Waals surface area contributed by atoms with Crippen LogP contribution in [0.1, 0.15) is 107 Å². The van der Waals surface area contributed by atoms with Gasteiger partial charge in [-0.2, -0.15) is 0 Å². The van der Waals surface area contributed by atoms with Gasteiger partial charge in [-0.1, -0.05) is 174 Å².